The molecule has 0 heterocycles. The third kappa shape index (κ3) is 6.72. The molecule has 0 fully saturated rings. The SMILES string of the molecule is COc1cc(CCNC(=O)CC#N)ccc1OCCOc1ccccc1Cl. The van der Waals surface area contributed by atoms with Gasteiger partial charge in [-0.1, -0.05) is 29.8 Å². The van der Waals surface area contributed by atoms with Gasteiger partial charge in [-0.05, 0) is 36.2 Å². The van der Waals surface area contributed by atoms with Crippen LogP contribution in [0.4, 0.5) is 0 Å². The summed E-state index contributed by atoms with van der Waals surface area (Å²) in [7, 11) is 1.57. The van der Waals surface area contributed by atoms with Gasteiger partial charge in [-0.2, -0.15) is 5.26 Å². The average molecular weight is 389 g/mol. The van der Waals surface area contributed by atoms with E-state index >= 15 is 0 Å². The van der Waals surface area contributed by atoms with Crippen molar-refractivity contribution >= 4 is 17.5 Å². The van der Waals surface area contributed by atoms with Gasteiger partial charge in [0.25, 0.3) is 0 Å². The molecule has 0 aromatic heterocycles. The van der Waals surface area contributed by atoms with E-state index in [1.54, 1.807) is 19.2 Å². The van der Waals surface area contributed by atoms with Gasteiger partial charge < -0.3 is 19.5 Å². The van der Waals surface area contributed by atoms with E-state index in [0.29, 0.717) is 48.5 Å². The zero-order valence-electron chi connectivity index (χ0n) is 15.0. The molecule has 1 N–H and O–H groups in total. The van der Waals surface area contributed by atoms with Crippen LogP contribution in [0.5, 0.6) is 17.2 Å². The first kappa shape index (κ1) is 20.4. The Morgan fingerprint density at radius 2 is 1.85 bits per heavy atom. The van der Waals surface area contributed by atoms with Gasteiger partial charge in [0.1, 0.15) is 25.4 Å². The first-order valence-corrected chi connectivity index (χ1v) is 8.82. The van der Waals surface area contributed by atoms with Crippen LogP contribution in [0.1, 0.15) is 12.0 Å². The largest absolute Gasteiger partial charge is 0.493 e. The Balaban J connectivity index is 1.82. The highest BCUT2D eigenvalue weighted by Crippen LogP contribution is 2.28. The fourth-order valence-electron chi connectivity index (χ4n) is 2.33. The summed E-state index contributed by atoms with van der Waals surface area (Å²) in [6, 6.07) is 14.7. The van der Waals surface area contributed by atoms with Gasteiger partial charge in [-0.25, -0.2) is 0 Å². The van der Waals surface area contributed by atoms with Crippen LogP contribution >= 0.6 is 11.6 Å². The van der Waals surface area contributed by atoms with Gasteiger partial charge >= 0.3 is 0 Å². The maximum atomic E-state index is 11.3. The van der Waals surface area contributed by atoms with Crippen molar-refractivity contribution in [2.45, 2.75) is 12.8 Å². The predicted molar refractivity (Wildman–Crippen MR) is 102 cm³/mol. The van der Waals surface area contributed by atoms with Crippen LogP contribution in [0.2, 0.25) is 5.02 Å². The van der Waals surface area contributed by atoms with Crippen molar-refractivity contribution in [2.24, 2.45) is 0 Å². The van der Waals surface area contributed by atoms with Crippen molar-refractivity contribution in [3.8, 4) is 23.3 Å². The van der Waals surface area contributed by atoms with E-state index in [9.17, 15) is 4.79 Å². The minimum Gasteiger partial charge on any atom is -0.493 e. The standard InChI is InChI=1S/C20H21ClN2O4/c1-25-19-14-15(9-11-23-20(24)8-10-22)6-7-18(19)27-13-12-26-17-5-3-2-4-16(17)21/h2-7,14H,8-9,11-13H2,1H3,(H,23,24). The topological polar surface area (TPSA) is 80.6 Å². The maximum Gasteiger partial charge on any atom is 0.234 e. The molecule has 2 rings (SSSR count). The number of nitriles is 1. The number of rotatable bonds is 10. The van der Waals surface area contributed by atoms with Crippen LogP contribution in [0, 0.1) is 11.3 Å². The van der Waals surface area contributed by atoms with Gasteiger partial charge in [-0.15, -0.1) is 0 Å². The molecule has 0 atom stereocenters. The van der Waals surface area contributed by atoms with Gasteiger partial charge in [0.15, 0.2) is 11.5 Å². The van der Waals surface area contributed by atoms with Crippen molar-refractivity contribution in [3.63, 3.8) is 0 Å². The molecule has 1 amide bonds. The predicted octanol–water partition coefficient (Wildman–Crippen LogP) is 3.38. The summed E-state index contributed by atoms with van der Waals surface area (Å²) < 4.78 is 16.7. The van der Waals surface area contributed by atoms with Gasteiger partial charge in [0.05, 0.1) is 18.2 Å². The summed E-state index contributed by atoms with van der Waals surface area (Å²) in [5.74, 6) is 1.55. The lowest BCUT2D eigenvalue weighted by Gasteiger charge is -2.13. The van der Waals surface area contributed by atoms with Crippen molar-refractivity contribution in [3.05, 3.63) is 53.1 Å². The molecule has 0 aliphatic carbocycles. The molecule has 27 heavy (non-hydrogen) atoms. The lowest BCUT2D eigenvalue weighted by atomic mass is 10.1. The van der Waals surface area contributed by atoms with E-state index in [1.165, 1.54) is 0 Å². The molecule has 0 unspecified atom stereocenters. The summed E-state index contributed by atoms with van der Waals surface area (Å²) in [4.78, 5) is 11.3. The monoisotopic (exact) mass is 388 g/mol. The Labute approximate surface area is 163 Å². The number of halogens is 1. The Kier molecular flexibility index (Phi) is 8.27. The summed E-state index contributed by atoms with van der Waals surface area (Å²) in [6.07, 6.45) is 0.496. The number of hydrogen-bond acceptors (Lipinski definition) is 5. The fourth-order valence-corrected chi connectivity index (χ4v) is 2.52. The number of methoxy groups -OCH3 is 1. The van der Waals surface area contributed by atoms with Crippen LogP contribution in [0.15, 0.2) is 42.5 Å². The molecule has 0 radical (unpaired) electrons. The number of carbonyl (C=O) groups excluding carboxylic acids is 1. The first-order valence-electron chi connectivity index (χ1n) is 8.44. The Hall–Kier alpha value is -2.91. The molecule has 0 aliphatic rings. The van der Waals surface area contributed by atoms with E-state index in [2.05, 4.69) is 5.32 Å². The third-order valence-corrected chi connectivity index (χ3v) is 3.95. The van der Waals surface area contributed by atoms with E-state index in [1.807, 2.05) is 36.4 Å². The Morgan fingerprint density at radius 1 is 1.11 bits per heavy atom. The number of nitrogens with zero attached hydrogens (tertiary/aromatic N) is 1. The van der Waals surface area contributed by atoms with Gasteiger partial charge in [0.2, 0.25) is 5.91 Å². The van der Waals surface area contributed by atoms with Gasteiger partial charge in [-0.3, -0.25) is 4.79 Å². The van der Waals surface area contributed by atoms with Crippen LogP contribution < -0.4 is 19.5 Å². The minimum absolute atomic E-state index is 0.133. The van der Waals surface area contributed by atoms with Crippen molar-refractivity contribution in [2.75, 3.05) is 26.9 Å². The average Bonchev–Trinajstić information content (AvgIpc) is 2.67. The van der Waals surface area contributed by atoms with E-state index in [-0.39, 0.29) is 12.3 Å². The van der Waals surface area contributed by atoms with Crippen LogP contribution in [0.25, 0.3) is 0 Å². The molecule has 0 saturated carbocycles. The lowest BCUT2D eigenvalue weighted by molar-refractivity contribution is -0.120. The smallest absolute Gasteiger partial charge is 0.234 e. The van der Waals surface area contributed by atoms with E-state index < -0.39 is 0 Å². The number of amides is 1. The number of carbonyl (C=O) groups is 1. The summed E-state index contributed by atoms with van der Waals surface area (Å²) in [6.45, 7) is 1.14. The fraction of sp³-hybridized carbons (Fsp3) is 0.300. The molecule has 0 bridgehead atoms. The molecule has 142 valence electrons. The number of ether oxygens (including phenoxy) is 3. The van der Waals surface area contributed by atoms with Crippen molar-refractivity contribution in [1.29, 1.82) is 5.26 Å². The molecule has 6 nitrogen and oxygen atoms in total. The summed E-state index contributed by atoms with van der Waals surface area (Å²) in [5, 5.41) is 11.7. The van der Waals surface area contributed by atoms with Gasteiger partial charge in [0, 0.05) is 6.54 Å². The third-order valence-electron chi connectivity index (χ3n) is 3.64. The molecular weight excluding hydrogens is 368 g/mol. The molecule has 0 spiro atoms. The Bertz CT molecular complexity index is 805. The summed E-state index contributed by atoms with van der Waals surface area (Å²) >= 11 is 6.04. The molecule has 2 aromatic rings. The molecular formula is C20H21ClN2O4. The highest BCUT2D eigenvalue weighted by molar-refractivity contribution is 6.32. The highest BCUT2D eigenvalue weighted by Gasteiger charge is 2.07. The van der Waals surface area contributed by atoms with Crippen molar-refractivity contribution < 1.29 is 19.0 Å². The zero-order valence-corrected chi connectivity index (χ0v) is 15.8. The molecule has 2 aromatic carbocycles. The minimum atomic E-state index is -0.275. The second-order valence-corrected chi connectivity index (χ2v) is 5.95. The molecule has 7 heteroatoms. The summed E-state index contributed by atoms with van der Waals surface area (Å²) in [5.41, 5.74) is 0.990. The second kappa shape index (κ2) is 10.9. The molecule has 0 aliphatic heterocycles. The Morgan fingerprint density at radius 3 is 2.56 bits per heavy atom. The second-order valence-electron chi connectivity index (χ2n) is 5.55. The molecule has 0 saturated heterocycles. The quantitative estimate of drug-likeness (QED) is 0.631. The van der Waals surface area contributed by atoms with Crippen LogP contribution in [-0.2, 0) is 11.2 Å². The number of para-hydroxylation sites is 1. The first-order chi connectivity index (χ1) is 13.1. The number of nitrogens with one attached hydrogen (secondary N) is 1. The van der Waals surface area contributed by atoms with E-state index in [4.69, 9.17) is 31.1 Å². The lowest BCUT2D eigenvalue weighted by Crippen LogP contribution is -2.24. The number of hydrogen-bond donors (Lipinski definition) is 1. The highest BCUT2D eigenvalue weighted by atomic mass is 35.5. The van der Waals surface area contributed by atoms with E-state index in [0.717, 1.165) is 5.56 Å². The van der Waals surface area contributed by atoms with Crippen molar-refractivity contribution in [1.82, 2.24) is 5.32 Å². The zero-order chi connectivity index (χ0) is 19.5. The van der Waals surface area contributed by atoms with Crippen LogP contribution in [-0.4, -0.2) is 32.8 Å². The number of benzene rings is 2. The van der Waals surface area contributed by atoms with Crippen LogP contribution in [0.3, 0.4) is 0 Å². The normalized spacial score (nSPS) is 9.96. The maximum absolute atomic E-state index is 11.3.